The van der Waals surface area contributed by atoms with E-state index in [4.69, 9.17) is 39.6 Å². The molecule has 0 bridgehead atoms. The van der Waals surface area contributed by atoms with Crippen LogP contribution in [0, 0.1) is 0 Å². The number of aromatic amines is 1. The quantitative estimate of drug-likeness (QED) is 0.199. The van der Waals surface area contributed by atoms with Crippen LogP contribution < -0.4 is 20.3 Å². The Morgan fingerprint density at radius 1 is 0.596 bits per heavy atom. The summed E-state index contributed by atoms with van der Waals surface area (Å²) in [6.45, 7) is 0.565. The highest BCUT2D eigenvalue weighted by molar-refractivity contribution is 5.84. The number of hydrazine groups is 3. The molecule has 0 saturated carbocycles. The predicted molar refractivity (Wildman–Crippen MR) is 199 cm³/mol. The summed E-state index contributed by atoms with van der Waals surface area (Å²) in [5.74, 6) is 2.70. The highest BCUT2D eigenvalue weighted by Gasteiger charge is 2.66. The van der Waals surface area contributed by atoms with Gasteiger partial charge < -0.3 is 9.72 Å². The van der Waals surface area contributed by atoms with Crippen LogP contribution in [-0.4, -0.2) is 52.6 Å². The summed E-state index contributed by atoms with van der Waals surface area (Å²) in [5, 5.41) is 9.97. The number of para-hydroxylation sites is 4. The molecule has 3 aromatic carbocycles. The van der Waals surface area contributed by atoms with Crippen LogP contribution >= 0.6 is 0 Å². The van der Waals surface area contributed by atoms with E-state index in [0.29, 0.717) is 36.4 Å². The van der Waals surface area contributed by atoms with Gasteiger partial charge in [-0.2, -0.15) is 0 Å². The first-order valence-electron chi connectivity index (χ1n) is 17.3. The normalized spacial score (nSPS) is 19.3. The van der Waals surface area contributed by atoms with Gasteiger partial charge in [0.1, 0.15) is 11.9 Å². The third-order valence-electron chi connectivity index (χ3n) is 9.63. The van der Waals surface area contributed by atoms with Gasteiger partial charge in [0.2, 0.25) is 5.66 Å². The topological polar surface area (TPSA) is 128 Å². The Morgan fingerprint density at radius 3 is 2.13 bits per heavy atom. The van der Waals surface area contributed by atoms with Crippen LogP contribution in [-0.2, 0) is 10.4 Å². The van der Waals surface area contributed by atoms with Crippen molar-refractivity contribution in [3.63, 3.8) is 0 Å². The number of nitrogens with one attached hydrogen (secondary N) is 1. The lowest BCUT2D eigenvalue weighted by Crippen LogP contribution is -2.63. The van der Waals surface area contributed by atoms with Gasteiger partial charge in [-0.25, -0.2) is 39.9 Å². The molecule has 0 aliphatic carbocycles. The minimum absolute atomic E-state index is 0.385. The molecule has 254 valence electrons. The van der Waals surface area contributed by atoms with E-state index in [0.717, 1.165) is 51.5 Å². The summed E-state index contributed by atoms with van der Waals surface area (Å²) in [5.41, 5.74) is 1.78. The van der Waals surface area contributed by atoms with Gasteiger partial charge in [-0.05, 0) is 73.9 Å². The van der Waals surface area contributed by atoms with Crippen molar-refractivity contribution in [2.24, 2.45) is 0 Å². The number of nitrogens with zero attached hydrogens (tertiary/aromatic N) is 11. The van der Waals surface area contributed by atoms with Crippen LogP contribution in [0.15, 0.2) is 134 Å². The van der Waals surface area contributed by atoms with Crippen molar-refractivity contribution in [2.45, 2.75) is 31.0 Å². The third kappa shape index (κ3) is 4.70. The van der Waals surface area contributed by atoms with Crippen LogP contribution in [0.4, 0.5) is 23.4 Å². The summed E-state index contributed by atoms with van der Waals surface area (Å²) < 4.78 is 6.86. The molecular formula is C39H32N12O. The van der Waals surface area contributed by atoms with Gasteiger partial charge in [0.05, 0.1) is 28.3 Å². The summed E-state index contributed by atoms with van der Waals surface area (Å²) in [4.78, 5) is 39.2. The van der Waals surface area contributed by atoms with Crippen LogP contribution in [0.3, 0.4) is 0 Å². The minimum atomic E-state index is -1.31. The van der Waals surface area contributed by atoms with E-state index in [-0.39, 0.29) is 0 Å². The van der Waals surface area contributed by atoms with Gasteiger partial charge in [-0.3, -0.25) is 4.98 Å². The minimum Gasteiger partial charge on any atom is -0.373 e. The fourth-order valence-corrected chi connectivity index (χ4v) is 7.36. The fourth-order valence-electron chi connectivity index (χ4n) is 7.36. The van der Waals surface area contributed by atoms with E-state index < -0.39 is 11.8 Å². The summed E-state index contributed by atoms with van der Waals surface area (Å²) in [6.07, 6.45) is 11.2. The van der Waals surface area contributed by atoms with Gasteiger partial charge in [0, 0.05) is 42.2 Å². The Kier molecular flexibility index (Phi) is 7.09. The molecule has 10 rings (SSSR count). The highest BCUT2D eigenvalue weighted by Crippen LogP contribution is 2.52. The molecule has 2 atom stereocenters. The Hall–Kier alpha value is -6.73. The van der Waals surface area contributed by atoms with E-state index in [1.807, 2.05) is 114 Å². The van der Waals surface area contributed by atoms with E-state index in [1.54, 1.807) is 18.6 Å². The van der Waals surface area contributed by atoms with Crippen molar-refractivity contribution in [2.75, 3.05) is 26.9 Å². The first-order valence-corrected chi connectivity index (χ1v) is 17.3. The molecule has 13 heteroatoms. The Bertz CT molecular complexity index is 2530. The lowest BCUT2D eigenvalue weighted by molar-refractivity contribution is -0.0358. The molecule has 1 N–H and O–H groups in total. The largest absolute Gasteiger partial charge is 0.373 e. The molecule has 0 spiro atoms. The molecule has 13 nitrogen and oxygen atoms in total. The first-order chi connectivity index (χ1) is 25.8. The van der Waals surface area contributed by atoms with Crippen molar-refractivity contribution in [1.82, 2.24) is 39.9 Å². The van der Waals surface area contributed by atoms with E-state index >= 15 is 0 Å². The second kappa shape index (κ2) is 12.2. The third-order valence-corrected chi connectivity index (χ3v) is 9.63. The average molecular weight is 685 g/mol. The number of benzene rings is 3. The zero-order valence-corrected chi connectivity index (χ0v) is 27.9. The van der Waals surface area contributed by atoms with Crippen LogP contribution in [0.1, 0.15) is 25.1 Å². The Morgan fingerprint density at radius 2 is 1.35 bits per heavy atom. The molecule has 2 saturated heterocycles. The highest BCUT2D eigenvalue weighted by atomic mass is 16.5. The number of pyridine rings is 1. The smallest absolute Gasteiger partial charge is 0.267 e. The van der Waals surface area contributed by atoms with Crippen molar-refractivity contribution in [1.29, 1.82) is 0 Å². The van der Waals surface area contributed by atoms with Gasteiger partial charge in [0.15, 0.2) is 17.5 Å². The number of H-pyrrole nitrogens is 1. The lowest BCUT2D eigenvalue weighted by Gasteiger charge is -2.46. The maximum absolute atomic E-state index is 6.86. The molecule has 5 aromatic heterocycles. The average Bonchev–Trinajstić information content (AvgIpc) is 3.86. The zero-order chi connectivity index (χ0) is 34.5. The molecule has 2 fully saturated rings. The summed E-state index contributed by atoms with van der Waals surface area (Å²) in [7, 11) is 0. The van der Waals surface area contributed by atoms with Gasteiger partial charge in [-0.15, -0.1) is 10.2 Å². The van der Waals surface area contributed by atoms with Gasteiger partial charge in [-0.1, -0.05) is 48.5 Å². The van der Waals surface area contributed by atoms with Gasteiger partial charge in [0.25, 0.3) is 5.95 Å². The molecule has 0 radical (unpaired) electrons. The number of hydrogen-bond acceptors (Lipinski definition) is 12. The molecule has 7 heterocycles. The Labute approximate surface area is 298 Å². The summed E-state index contributed by atoms with van der Waals surface area (Å²) >= 11 is 0. The van der Waals surface area contributed by atoms with Crippen LogP contribution in [0.2, 0.25) is 0 Å². The summed E-state index contributed by atoms with van der Waals surface area (Å²) in [6, 6.07) is 33.7. The molecule has 52 heavy (non-hydrogen) atoms. The SMILES string of the molecule is c1cnc(C2(C3CCCCO3)N(c3cnc4ccccc4n3)N(c3ccc4ccccc4n3)N(c3ncc4ccccc4n3)N2c2ccc[nH]2)nc1. The first kappa shape index (κ1) is 30.1. The molecule has 0 amide bonds. The number of aromatic nitrogens is 8. The molecule has 8 aromatic rings. The molecule has 2 unspecified atom stereocenters. The monoisotopic (exact) mass is 684 g/mol. The van der Waals surface area contributed by atoms with Crippen molar-refractivity contribution >= 4 is 56.2 Å². The van der Waals surface area contributed by atoms with Crippen molar-refractivity contribution < 1.29 is 4.74 Å². The number of ether oxygens (including phenoxy) is 1. The fraction of sp³-hybridized carbons (Fsp3) is 0.154. The van der Waals surface area contributed by atoms with Crippen LogP contribution in [0.25, 0.3) is 32.8 Å². The molecule has 2 aliphatic heterocycles. The van der Waals surface area contributed by atoms with Gasteiger partial charge >= 0.3 is 0 Å². The number of hydrogen-bond donors (Lipinski definition) is 1. The van der Waals surface area contributed by atoms with E-state index in [9.17, 15) is 0 Å². The zero-order valence-electron chi connectivity index (χ0n) is 27.9. The van der Waals surface area contributed by atoms with E-state index in [1.165, 1.54) is 0 Å². The second-order valence-corrected chi connectivity index (χ2v) is 12.7. The molecule has 2 aliphatic rings. The predicted octanol–water partition coefficient (Wildman–Crippen LogP) is 6.75. The lowest BCUT2D eigenvalue weighted by atomic mass is 9.92. The standard InChI is InChI=1S/C39H32N12O/c1-3-13-29-27(11-1)19-20-35(45-29)50-49(36-26-43-31-15-5-6-16-32(31)46-36)39(33-17-7-8-24-52-33,37-41-22-10-23-42-37)48(34-18-9-21-40-34)51(50)38-44-25-28-12-2-4-14-30(28)47-38/h1-6,9-16,18-23,25-26,33,40H,7-8,17,24H2. The van der Waals surface area contributed by atoms with E-state index in [2.05, 4.69) is 27.1 Å². The maximum Gasteiger partial charge on any atom is 0.267 e. The van der Waals surface area contributed by atoms with Crippen molar-refractivity contribution in [3.8, 4) is 0 Å². The van der Waals surface area contributed by atoms with Crippen molar-refractivity contribution in [3.05, 3.63) is 140 Å². The maximum atomic E-state index is 6.86. The molecular weight excluding hydrogens is 653 g/mol. The number of rotatable bonds is 6. The second-order valence-electron chi connectivity index (χ2n) is 12.7. The number of fused-ring (bicyclic) bond motifs is 3. The van der Waals surface area contributed by atoms with Crippen LogP contribution in [0.5, 0.6) is 0 Å². The number of anilines is 4. The Balaban J connectivity index is 1.35.